The molecule has 0 radical (unpaired) electrons. The maximum atomic E-state index is 10.6. The van der Waals surface area contributed by atoms with Crippen LogP contribution in [0.4, 0.5) is 0 Å². The largest absolute Gasteiger partial charge is 0.480 e. The van der Waals surface area contributed by atoms with E-state index in [1.807, 2.05) is 0 Å². The summed E-state index contributed by atoms with van der Waals surface area (Å²) in [6.45, 7) is 1.34. The number of nitrogens with two attached hydrogens (primary N) is 1. The van der Waals surface area contributed by atoms with Gasteiger partial charge in [-0.05, 0) is 30.7 Å². The number of carbonyl (C=O) groups is 1. The molecule has 0 unspecified atom stereocenters. The molecule has 1 heterocycles. The molecule has 0 spiro atoms. The Morgan fingerprint density at radius 3 is 2.67 bits per heavy atom. The van der Waals surface area contributed by atoms with Gasteiger partial charge in [0, 0.05) is 0 Å². The Morgan fingerprint density at radius 2 is 2.33 bits per heavy atom. The Morgan fingerprint density at radius 1 is 1.75 bits per heavy atom. The number of carboxylic acid groups (broad SMARTS) is 1. The first-order chi connectivity index (χ1) is 5.44. The highest BCUT2D eigenvalue weighted by atomic mass is 35.5. The Bertz CT molecular complexity index is 305. The molecular weight excluding hydrogens is 182 g/mol. The van der Waals surface area contributed by atoms with Gasteiger partial charge in [0.15, 0.2) is 10.8 Å². The molecule has 0 saturated heterocycles. The topological polar surface area (TPSA) is 76.5 Å². The molecule has 0 amide bonds. The van der Waals surface area contributed by atoms with Gasteiger partial charge in [0.2, 0.25) is 0 Å². The number of hydrogen-bond acceptors (Lipinski definition) is 3. The zero-order valence-electron chi connectivity index (χ0n) is 6.37. The minimum Gasteiger partial charge on any atom is -0.480 e. The lowest BCUT2D eigenvalue weighted by Crippen LogP contribution is -2.41. The summed E-state index contributed by atoms with van der Waals surface area (Å²) in [6.07, 6.45) is 0. The van der Waals surface area contributed by atoms with Gasteiger partial charge >= 0.3 is 5.97 Å². The molecule has 1 aromatic rings. The Balaban J connectivity index is 3.05. The van der Waals surface area contributed by atoms with E-state index in [0.717, 1.165) is 0 Å². The highest BCUT2D eigenvalue weighted by molar-refractivity contribution is 6.28. The molecule has 1 rings (SSSR count). The van der Waals surface area contributed by atoms with Crippen LogP contribution in [0, 0.1) is 0 Å². The van der Waals surface area contributed by atoms with E-state index in [1.165, 1.54) is 19.1 Å². The summed E-state index contributed by atoms with van der Waals surface area (Å²) in [4.78, 5) is 10.6. The smallest absolute Gasteiger partial charge is 0.331 e. The SMILES string of the molecule is C[C@](N)(C(=O)O)c1ccc(Cl)o1. The predicted molar refractivity (Wildman–Crippen MR) is 42.9 cm³/mol. The maximum absolute atomic E-state index is 10.6. The molecule has 0 aliphatic rings. The fourth-order valence-corrected chi connectivity index (χ4v) is 0.845. The van der Waals surface area contributed by atoms with Gasteiger partial charge in [-0.25, -0.2) is 4.79 Å². The number of halogens is 1. The third kappa shape index (κ3) is 1.44. The molecule has 0 aliphatic heterocycles. The van der Waals surface area contributed by atoms with Gasteiger partial charge in [-0.1, -0.05) is 0 Å². The van der Waals surface area contributed by atoms with Gasteiger partial charge in [-0.3, -0.25) is 0 Å². The molecule has 1 atom stereocenters. The fraction of sp³-hybridized carbons (Fsp3) is 0.286. The zero-order valence-corrected chi connectivity index (χ0v) is 7.13. The second-order valence-electron chi connectivity index (χ2n) is 2.61. The van der Waals surface area contributed by atoms with Gasteiger partial charge in [-0.2, -0.15) is 0 Å². The molecule has 0 fully saturated rings. The van der Waals surface area contributed by atoms with Crippen LogP contribution in [-0.2, 0) is 10.3 Å². The molecule has 1 aromatic heterocycles. The molecule has 0 aliphatic carbocycles. The fourth-order valence-electron chi connectivity index (χ4n) is 0.699. The first-order valence-electron chi connectivity index (χ1n) is 3.22. The average Bonchev–Trinajstić information content (AvgIpc) is 2.35. The highest BCUT2D eigenvalue weighted by Crippen LogP contribution is 2.22. The Labute approximate surface area is 73.9 Å². The van der Waals surface area contributed by atoms with E-state index in [-0.39, 0.29) is 11.0 Å². The van der Waals surface area contributed by atoms with Gasteiger partial charge in [-0.15, -0.1) is 0 Å². The summed E-state index contributed by atoms with van der Waals surface area (Å²) in [6, 6.07) is 2.89. The van der Waals surface area contributed by atoms with Gasteiger partial charge < -0.3 is 15.3 Å². The van der Waals surface area contributed by atoms with Crippen LogP contribution in [-0.4, -0.2) is 11.1 Å². The monoisotopic (exact) mass is 189 g/mol. The molecule has 0 bridgehead atoms. The van der Waals surface area contributed by atoms with Crippen LogP contribution in [0.1, 0.15) is 12.7 Å². The maximum Gasteiger partial charge on any atom is 0.331 e. The molecule has 3 N–H and O–H groups in total. The number of carboxylic acids is 1. The van der Waals surface area contributed by atoms with Gasteiger partial charge in [0.1, 0.15) is 5.76 Å². The second-order valence-corrected chi connectivity index (χ2v) is 2.98. The van der Waals surface area contributed by atoms with E-state index in [9.17, 15) is 4.79 Å². The van der Waals surface area contributed by atoms with Crippen molar-refractivity contribution in [3.8, 4) is 0 Å². The van der Waals surface area contributed by atoms with Crippen molar-refractivity contribution in [1.29, 1.82) is 0 Å². The summed E-state index contributed by atoms with van der Waals surface area (Å²) in [5.74, 6) is -1.02. The average molecular weight is 190 g/mol. The Kier molecular flexibility index (Phi) is 2.12. The number of furan rings is 1. The van der Waals surface area contributed by atoms with E-state index in [1.54, 1.807) is 0 Å². The lowest BCUT2D eigenvalue weighted by molar-refractivity contribution is -0.143. The van der Waals surface area contributed by atoms with Crippen molar-refractivity contribution in [3.05, 3.63) is 23.1 Å². The predicted octanol–water partition coefficient (Wildman–Crippen LogP) is 1.19. The van der Waals surface area contributed by atoms with Crippen LogP contribution in [0.25, 0.3) is 0 Å². The van der Waals surface area contributed by atoms with Crippen LogP contribution in [0.5, 0.6) is 0 Å². The van der Waals surface area contributed by atoms with E-state index in [0.29, 0.717) is 0 Å². The molecule has 66 valence electrons. The van der Waals surface area contributed by atoms with Crippen molar-refractivity contribution in [2.24, 2.45) is 5.73 Å². The minimum absolute atomic E-state index is 0.128. The molecular formula is C7H8ClNO3. The highest BCUT2D eigenvalue weighted by Gasteiger charge is 2.33. The summed E-state index contributed by atoms with van der Waals surface area (Å²) < 4.78 is 4.87. The number of aliphatic carboxylic acids is 1. The number of hydrogen-bond donors (Lipinski definition) is 2. The summed E-state index contributed by atoms with van der Waals surface area (Å²) in [5, 5.41) is 8.80. The van der Waals surface area contributed by atoms with E-state index in [2.05, 4.69) is 0 Å². The van der Waals surface area contributed by atoms with E-state index >= 15 is 0 Å². The lowest BCUT2D eigenvalue weighted by Gasteiger charge is -2.15. The van der Waals surface area contributed by atoms with Crippen molar-refractivity contribution < 1.29 is 14.3 Å². The van der Waals surface area contributed by atoms with Crippen LogP contribution in [0.3, 0.4) is 0 Å². The first kappa shape index (κ1) is 9.09. The molecule has 12 heavy (non-hydrogen) atoms. The van der Waals surface area contributed by atoms with Crippen molar-refractivity contribution in [1.82, 2.24) is 0 Å². The van der Waals surface area contributed by atoms with E-state index in [4.69, 9.17) is 26.9 Å². The first-order valence-corrected chi connectivity index (χ1v) is 3.60. The third-order valence-electron chi connectivity index (χ3n) is 1.53. The minimum atomic E-state index is -1.52. The number of rotatable bonds is 2. The van der Waals surface area contributed by atoms with Crippen molar-refractivity contribution >= 4 is 17.6 Å². The van der Waals surface area contributed by atoms with Crippen molar-refractivity contribution in [2.75, 3.05) is 0 Å². The van der Waals surface area contributed by atoms with Crippen LogP contribution in [0.15, 0.2) is 16.5 Å². The van der Waals surface area contributed by atoms with Crippen LogP contribution in [0.2, 0.25) is 5.22 Å². The lowest BCUT2D eigenvalue weighted by atomic mass is 10.0. The van der Waals surface area contributed by atoms with Crippen LogP contribution >= 0.6 is 11.6 Å². The quantitative estimate of drug-likeness (QED) is 0.733. The normalized spacial score (nSPS) is 15.6. The summed E-state index contributed by atoms with van der Waals surface area (Å²) in [7, 11) is 0. The van der Waals surface area contributed by atoms with Gasteiger partial charge in [0.05, 0.1) is 0 Å². The second kappa shape index (κ2) is 2.80. The van der Waals surface area contributed by atoms with Crippen LogP contribution < -0.4 is 5.73 Å². The van der Waals surface area contributed by atoms with Crippen molar-refractivity contribution in [3.63, 3.8) is 0 Å². The zero-order chi connectivity index (χ0) is 9.35. The summed E-state index contributed by atoms with van der Waals surface area (Å²) >= 11 is 5.46. The molecule has 0 saturated carbocycles. The molecule has 0 aromatic carbocycles. The van der Waals surface area contributed by atoms with E-state index < -0.39 is 11.5 Å². The molecule has 5 heteroatoms. The standard InChI is InChI=1S/C7H8ClNO3/c1-7(9,6(10)11)4-2-3-5(8)12-4/h2-3H,9H2,1H3,(H,10,11)/t7-/m1/s1. The van der Waals surface area contributed by atoms with Crippen molar-refractivity contribution in [2.45, 2.75) is 12.5 Å². The third-order valence-corrected chi connectivity index (χ3v) is 1.73. The molecule has 4 nitrogen and oxygen atoms in total. The van der Waals surface area contributed by atoms with Gasteiger partial charge in [0.25, 0.3) is 0 Å². The summed E-state index contributed by atoms with van der Waals surface area (Å²) in [5.41, 5.74) is 3.92. The Hall–Kier alpha value is -1.00.